The molecule has 0 bridgehead atoms. The van der Waals surface area contributed by atoms with Crippen LogP contribution >= 0.6 is 0 Å². The van der Waals surface area contributed by atoms with E-state index in [9.17, 15) is 8.42 Å². The maximum Gasteiger partial charge on any atom is 0.243 e. The number of benzene rings is 1. The lowest BCUT2D eigenvalue weighted by Crippen LogP contribution is -2.34. The standard InChI is InChI=1S/C25H34N6O5S/c1-6-13-36-23(19-15-26-16(2)14-27-19)17(3)37(32,33)30-25-29-28-24(18-9-7-10-18)31(25)22-20(34-4)11-8-12-21(22)35-5/h8,11-12,14-15,17-18,23H,6-7,9-10,13H2,1-5H3,(H,29,30)/t17-,23+/m0/s1. The van der Waals surface area contributed by atoms with Gasteiger partial charge in [0.2, 0.25) is 16.0 Å². The predicted molar refractivity (Wildman–Crippen MR) is 139 cm³/mol. The molecule has 2 atom stereocenters. The Labute approximate surface area is 217 Å². The summed E-state index contributed by atoms with van der Waals surface area (Å²) < 4.78 is 49.0. The van der Waals surface area contributed by atoms with Gasteiger partial charge in [0.05, 0.1) is 31.8 Å². The Morgan fingerprint density at radius 1 is 1.11 bits per heavy atom. The van der Waals surface area contributed by atoms with E-state index in [-0.39, 0.29) is 11.9 Å². The van der Waals surface area contributed by atoms with Crippen LogP contribution in [0.5, 0.6) is 11.5 Å². The Hall–Kier alpha value is -3.25. The third kappa shape index (κ3) is 5.54. The van der Waals surface area contributed by atoms with Gasteiger partial charge in [-0.2, -0.15) is 0 Å². The first-order valence-corrected chi connectivity index (χ1v) is 13.9. The van der Waals surface area contributed by atoms with Gasteiger partial charge in [0.25, 0.3) is 0 Å². The zero-order valence-electron chi connectivity index (χ0n) is 21.8. The van der Waals surface area contributed by atoms with Crippen molar-refractivity contribution in [2.75, 3.05) is 25.5 Å². The molecule has 0 aliphatic heterocycles. The van der Waals surface area contributed by atoms with E-state index in [0.717, 1.165) is 31.4 Å². The smallest absolute Gasteiger partial charge is 0.243 e. The second kappa shape index (κ2) is 11.4. The van der Waals surface area contributed by atoms with Crippen molar-refractivity contribution >= 4 is 16.0 Å². The Morgan fingerprint density at radius 2 is 1.81 bits per heavy atom. The van der Waals surface area contributed by atoms with Gasteiger partial charge >= 0.3 is 0 Å². The van der Waals surface area contributed by atoms with Crippen molar-refractivity contribution in [2.24, 2.45) is 0 Å². The molecule has 0 amide bonds. The summed E-state index contributed by atoms with van der Waals surface area (Å²) in [6.45, 7) is 5.74. The number of methoxy groups -OCH3 is 2. The van der Waals surface area contributed by atoms with Gasteiger partial charge in [-0.05, 0) is 45.2 Å². The van der Waals surface area contributed by atoms with Crippen LogP contribution in [0.4, 0.5) is 5.95 Å². The summed E-state index contributed by atoms with van der Waals surface area (Å²) in [6.07, 6.45) is 6.01. The number of hydrogen-bond acceptors (Lipinski definition) is 9. The topological polar surface area (TPSA) is 130 Å². The molecule has 1 N–H and O–H groups in total. The molecule has 1 saturated carbocycles. The number of aryl methyl sites for hydroxylation is 1. The zero-order valence-corrected chi connectivity index (χ0v) is 22.7. The highest BCUT2D eigenvalue weighted by Gasteiger charge is 2.36. The molecule has 1 aliphatic carbocycles. The van der Waals surface area contributed by atoms with E-state index in [1.807, 2.05) is 13.8 Å². The molecule has 1 aromatic carbocycles. The van der Waals surface area contributed by atoms with Gasteiger partial charge in [-0.1, -0.05) is 19.4 Å². The van der Waals surface area contributed by atoms with E-state index in [1.54, 1.807) is 56.3 Å². The third-order valence-corrected chi connectivity index (χ3v) is 8.22. The van der Waals surface area contributed by atoms with Crippen LogP contribution in [0.3, 0.4) is 0 Å². The van der Waals surface area contributed by atoms with E-state index in [1.165, 1.54) is 0 Å². The number of ether oxygens (including phenoxy) is 3. The maximum absolute atomic E-state index is 13.7. The molecule has 0 unspecified atom stereocenters. The van der Waals surface area contributed by atoms with Gasteiger partial charge < -0.3 is 14.2 Å². The lowest BCUT2D eigenvalue weighted by Gasteiger charge is -2.27. The van der Waals surface area contributed by atoms with Crippen LogP contribution in [0.2, 0.25) is 0 Å². The average molecular weight is 531 g/mol. The molecule has 0 radical (unpaired) electrons. The molecule has 12 heteroatoms. The summed E-state index contributed by atoms with van der Waals surface area (Å²) in [5, 5.41) is 7.65. The Kier molecular flexibility index (Phi) is 8.28. The van der Waals surface area contributed by atoms with Crippen LogP contribution in [0.25, 0.3) is 5.69 Å². The summed E-state index contributed by atoms with van der Waals surface area (Å²) in [4.78, 5) is 8.66. The maximum atomic E-state index is 13.7. The van der Waals surface area contributed by atoms with Crippen molar-refractivity contribution in [1.82, 2.24) is 24.7 Å². The first kappa shape index (κ1) is 26.8. The van der Waals surface area contributed by atoms with E-state index >= 15 is 0 Å². The predicted octanol–water partition coefficient (Wildman–Crippen LogP) is 3.95. The summed E-state index contributed by atoms with van der Waals surface area (Å²) in [7, 11) is -0.917. The van der Waals surface area contributed by atoms with Crippen molar-refractivity contribution in [2.45, 2.75) is 63.7 Å². The quantitative estimate of drug-likeness (QED) is 0.370. The fourth-order valence-electron chi connectivity index (χ4n) is 4.20. The van der Waals surface area contributed by atoms with E-state index in [4.69, 9.17) is 14.2 Å². The number of aromatic nitrogens is 5. The first-order chi connectivity index (χ1) is 17.8. The van der Waals surface area contributed by atoms with E-state index in [0.29, 0.717) is 35.3 Å². The van der Waals surface area contributed by atoms with Gasteiger partial charge in [0.1, 0.15) is 34.4 Å². The molecule has 3 aromatic rings. The fourth-order valence-corrected chi connectivity index (χ4v) is 5.32. The molecule has 37 heavy (non-hydrogen) atoms. The minimum absolute atomic E-state index is 0.0563. The molecule has 0 spiro atoms. The monoisotopic (exact) mass is 530 g/mol. The highest BCUT2D eigenvalue weighted by Crippen LogP contribution is 2.42. The third-order valence-electron chi connectivity index (χ3n) is 6.53. The fraction of sp³-hybridized carbons (Fsp3) is 0.520. The highest BCUT2D eigenvalue weighted by atomic mass is 32.2. The average Bonchev–Trinajstić information content (AvgIpc) is 3.24. The number of hydrogen-bond donors (Lipinski definition) is 1. The van der Waals surface area contributed by atoms with Crippen LogP contribution in [0.15, 0.2) is 30.6 Å². The van der Waals surface area contributed by atoms with Crippen LogP contribution in [-0.4, -0.2) is 59.2 Å². The molecule has 1 aliphatic rings. The summed E-state index contributed by atoms with van der Waals surface area (Å²) in [6, 6.07) is 5.38. The second-order valence-corrected chi connectivity index (χ2v) is 11.1. The number of sulfonamides is 1. The Morgan fingerprint density at radius 3 is 2.35 bits per heavy atom. The number of nitrogens with one attached hydrogen (secondary N) is 1. The molecule has 0 saturated heterocycles. The van der Waals surface area contributed by atoms with Crippen LogP contribution in [0.1, 0.15) is 68.8 Å². The minimum Gasteiger partial charge on any atom is -0.494 e. The van der Waals surface area contributed by atoms with Crippen LogP contribution < -0.4 is 14.2 Å². The molecule has 11 nitrogen and oxygen atoms in total. The Balaban J connectivity index is 1.75. The van der Waals surface area contributed by atoms with Crippen LogP contribution in [0, 0.1) is 6.92 Å². The molecule has 2 aromatic heterocycles. The van der Waals surface area contributed by atoms with Gasteiger partial charge in [-0.25, -0.2) is 8.42 Å². The molecule has 1 fully saturated rings. The number of para-hydroxylation sites is 1. The minimum atomic E-state index is -4.02. The summed E-state index contributed by atoms with van der Waals surface area (Å²) in [5.41, 5.74) is 1.71. The normalized spacial score (nSPS) is 15.6. The number of rotatable bonds is 12. The lowest BCUT2D eigenvalue weighted by molar-refractivity contribution is 0.0495. The lowest BCUT2D eigenvalue weighted by atomic mass is 9.85. The van der Waals surface area contributed by atoms with Crippen LogP contribution in [-0.2, 0) is 14.8 Å². The Bertz CT molecular complexity index is 1290. The molecule has 2 heterocycles. The van der Waals surface area contributed by atoms with E-state index < -0.39 is 21.4 Å². The van der Waals surface area contributed by atoms with Gasteiger partial charge in [0.15, 0.2) is 0 Å². The van der Waals surface area contributed by atoms with Crippen molar-refractivity contribution in [1.29, 1.82) is 0 Å². The van der Waals surface area contributed by atoms with Crippen molar-refractivity contribution in [3.8, 4) is 17.2 Å². The van der Waals surface area contributed by atoms with E-state index in [2.05, 4.69) is 24.9 Å². The number of anilines is 1. The first-order valence-electron chi connectivity index (χ1n) is 12.4. The van der Waals surface area contributed by atoms with Crippen molar-refractivity contribution in [3.63, 3.8) is 0 Å². The molecular weight excluding hydrogens is 496 g/mol. The van der Waals surface area contributed by atoms with Gasteiger partial charge in [-0.3, -0.25) is 19.3 Å². The number of nitrogens with zero attached hydrogens (tertiary/aromatic N) is 5. The van der Waals surface area contributed by atoms with Crippen molar-refractivity contribution < 1.29 is 22.6 Å². The summed E-state index contributed by atoms with van der Waals surface area (Å²) in [5.74, 6) is 1.88. The SMILES string of the molecule is CCCO[C@@H](c1cnc(C)cn1)[C@H](C)S(=O)(=O)Nc1nnc(C2CCC2)n1-c1c(OC)cccc1OC. The highest BCUT2D eigenvalue weighted by molar-refractivity contribution is 7.93. The van der Waals surface area contributed by atoms with Gasteiger partial charge in [0, 0.05) is 18.7 Å². The van der Waals surface area contributed by atoms with Crippen molar-refractivity contribution in [3.05, 3.63) is 47.8 Å². The second-order valence-electron chi connectivity index (χ2n) is 9.08. The molecule has 4 rings (SSSR count). The summed E-state index contributed by atoms with van der Waals surface area (Å²) >= 11 is 0. The molecular formula is C25H34N6O5S. The zero-order chi connectivity index (χ0) is 26.6. The largest absolute Gasteiger partial charge is 0.494 e. The molecule has 200 valence electrons. The van der Waals surface area contributed by atoms with Gasteiger partial charge in [-0.15, -0.1) is 10.2 Å².